The van der Waals surface area contributed by atoms with Crippen molar-refractivity contribution in [2.45, 2.75) is 40.2 Å². The molecular weight excluding hydrogens is 264 g/mol. The van der Waals surface area contributed by atoms with E-state index in [0.717, 1.165) is 18.5 Å². The molecule has 0 aliphatic heterocycles. The second-order valence-corrected chi connectivity index (χ2v) is 5.12. The number of nitrogens with zero attached hydrogens (tertiary/aromatic N) is 2. The molecule has 0 aliphatic rings. The topological polar surface area (TPSA) is 44.1 Å². The third kappa shape index (κ3) is 3.72. The molecule has 1 aromatic carbocycles. The summed E-state index contributed by atoms with van der Waals surface area (Å²) in [4.78, 5) is 12.0. The number of hydrogen-bond donors (Lipinski definition) is 0. The van der Waals surface area contributed by atoms with Crippen molar-refractivity contribution in [2.75, 3.05) is 6.61 Å². The van der Waals surface area contributed by atoms with Gasteiger partial charge < -0.3 is 4.74 Å². The first-order valence-corrected chi connectivity index (χ1v) is 7.43. The van der Waals surface area contributed by atoms with Crippen molar-refractivity contribution in [2.24, 2.45) is 0 Å². The Hall–Kier alpha value is -2.10. The molecule has 0 saturated heterocycles. The molecule has 4 nitrogen and oxygen atoms in total. The largest absolute Gasteiger partial charge is 0.462 e. The lowest BCUT2D eigenvalue weighted by atomic mass is 10.1. The van der Waals surface area contributed by atoms with Crippen molar-refractivity contribution in [3.05, 3.63) is 52.8 Å². The highest BCUT2D eigenvalue weighted by molar-refractivity contribution is 5.90. The fourth-order valence-electron chi connectivity index (χ4n) is 2.29. The molecule has 1 heterocycles. The maximum absolute atomic E-state index is 12.0. The minimum atomic E-state index is -0.281. The van der Waals surface area contributed by atoms with Crippen LogP contribution in [0.5, 0.6) is 0 Å². The lowest BCUT2D eigenvalue weighted by Gasteiger charge is -2.09. The molecule has 0 amide bonds. The number of aryl methyl sites for hydroxylation is 1. The number of esters is 1. The van der Waals surface area contributed by atoms with Crippen LogP contribution >= 0.6 is 0 Å². The van der Waals surface area contributed by atoms with Crippen LogP contribution in [0.25, 0.3) is 0 Å². The first kappa shape index (κ1) is 15.3. The van der Waals surface area contributed by atoms with Crippen LogP contribution in [0.3, 0.4) is 0 Å². The Morgan fingerprint density at radius 2 is 1.95 bits per heavy atom. The van der Waals surface area contributed by atoms with E-state index in [0.29, 0.717) is 18.7 Å². The summed E-state index contributed by atoms with van der Waals surface area (Å²) >= 11 is 0. The van der Waals surface area contributed by atoms with Gasteiger partial charge in [0, 0.05) is 0 Å². The quantitative estimate of drug-likeness (QED) is 0.765. The number of carbonyl (C=O) groups excluding carboxylic acids is 1. The van der Waals surface area contributed by atoms with Crippen LogP contribution in [0, 0.1) is 6.92 Å². The zero-order valence-corrected chi connectivity index (χ0v) is 12.9. The third-order valence-corrected chi connectivity index (χ3v) is 3.38. The van der Waals surface area contributed by atoms with Gasteiger partial charge in [0.2, 0.25) is 0 Å². The summed E-state index contributed by atoms with van der Waals surface area (Å²) in [6.45, 7) is 7.04. The Morgan fingerprint density at radius 1 is 1.24 bits per heavy atom. The number of benzene rings is 1. The van der Waals surface area contributed by atoms with Gasteiger partial charge in [-0.05, 0) is 25.8 Å². The molecule has 0 spiro atoms. The first-order chi connectivity index (χ1) is 10.2. The summed E-state index contributed by atoms with van der Waals surface area (Å²) < 4.78 is 7.01. The van der Waals surface area contributed by atoms with Gasteiger partial charge in [-0.2, -0.15) is 5.10 Å². The molecule has 4 heteroatoms. The third-order valence-electron chi connectivity index (χ3n) is 3.38. The minimum absolute atomic E-state index is 0.281. The van der Waals surface area contributed by atoms with E-state index in [9.17, 15) is 4.79 Å². The molecule has 0 radical (unpaired) electrons. The van der Waals surface area contributed by atoms with Crippen molar-refractivity contribution in [1.29, 1.82) is 0 Å². The molecule has 0 saturated carbocycles. The van der Waals surface area contributed by atoms with Crippen LogP contribution in [0.1, 0.15) is 47.4 Å². The summed E-state index contributed by atoms with van der Waals surface area (Å²) in [5.74, 6) is -0.281. The number of rotatable bonds is 6. The molecule has 0 bridgehead atoms. The van der Waals surface area contributed by atoms with E-state index in [4.69, 9.17) is 4.74 Å². The lowest BCUT2D eigenvalue weighted by Crippen LogP contribution is -2.11. The zero-order valence-electron chi connectivity index (χ0n) is 12.9. The molecule has 0 N–H and O–H groups in total. The van der Waals surface area contributed by atoms with Crippen LogP contribution in [0.4, 0.5) is 0 Å². The van der Waals surface area contributed by atoms with Crippen molar-refractivity contribution in [3.8, 4) is 0 Å². The van der Waals surface area contributed by atoms with Crippen molar-refractivity contribution < 1.29 is 9.53 Å². The monoisotopic (exact) mass is 286 g/mol. The second-order valence-electron chi connectivity index (χ2n) is 5.12. The predicted octanol–water partition coefficient (Wildman–Crippen LogP) is 3.37. The Kier molecular flexibility index (Phi) is 5.14. The molecule has 0 fully saturated rings. The summed E-state index contributed by atoms with van der Waals surface area (Å²) in [6.07, 6.45) is 3.41. The highest BCUT2D eigenvalue weighted by atomic mass is 16.5. The molecule has 2 aromatic rings. The van der Waals surface area contributed by atoms with Gasteiger partial charge in [0.25, 0.3) is 0 Å². The molecular formula is C17H22N2O2. The number of carbonyl (C=O) groups is 1. The Bertz CT molecular complexity index is 600. The average Bonchev–Trinajstić information content (AvgIpc) is 2.85. The standard InChI is InChI=1S/C17H22N2O2/c1-4-6-16-15(17(20)21-5-2)11-18-19(16)12-14-9-7-13(3)8-10-14/h7-11H,4-6,12H2,1-3H3. The Morgan fingerprint density at radius 3 is 2.57 bits per heavy atom. The van der Waals surface area contributed by atoms with Crippen LogP contribution in [-0.4, -0.2) is 22.4 Å². The normalized spacial score (nSPS) is 10.6. The maximum atomic E-state index is 12.0. The number of aromatic nitrogens is 2. The first-order valence-electron chi connectivity index (χ1n) is 7.43. The van der Waals surface area contributed by atoms with E-state index in [1.807, 2.05) is 11.6 Å². The summed E-state index contributed by atoms with van der Waals surface area (Å²) in [5, 5.41) is 4.37. The van der Waals surface area contributed by atoms with Gasteiger partial charge in [0.15, 0.2) is 0 Å². The van der Waals surface area contributed by atoms with Crippen molar-refractivity contribution in [3.63, 3.8) is 0 Å². The van der Waals surface area contributed by atoms with Crippen molar-refractivity contribution >= 4 is 5.97 Å². The molecule has 2 rings (SSSR count). The van der Waals surface area contributed by atoms with Gasteiger partial charge >= 0.3 is 5.97 Å². The molecule has 21 heavy (non-hydrogen) atoms. The highest BCUT2D eigenvalue weighted by Crippen LogP contribution is 2.15. The number of hydrogen-bond acceptors (Lipinski definition) is 3. The van der Waals surface area contributed by atoms with Crippen LogP contribution in [0.2, 0.25) is 0 Å². The Labute approximate surface area is 125 Å². The molecule has 0 unspecified atom stereocenters. The van der Waals surface area contributed by atoms with Gasteiger partial charge in [-0.15, -0.1) is 0 Å². The fourth-order valence-corrected chi connectivity index (χ4v) is 2.29. The summed E-state index contributed by atoms with van der Waals surface area (Å²) in [6, 6.07) is 8.36. The van der Waals surface area contributed by atoms with E-state index in [1.165, 1.54) is 11.1 Å². The van der Waals surface area contributed by atoms with Gasteiger partial charge in [-0.1, -0.05) is 43.2 Å². The van der Waals surface area contributed by atoms with E-state index < -0.39 is 0 Å². The van der Waals surface area contributed by atoms with Gasteiger partial charge in [0.05, 0.1) is 25.0 Å². The predicted molar refractivity (Wildman–Crippen MR) is 82.5 cm³/mol. The van der Waals surface area contributed by atoms with Crippen molar-refractivity contribution in [1.82, 2.24) is 9.78 Å². The summed E-state index contributed by atoms with van der Waals surface area (Å²) in [5.41, 5.74) is 3.96. The average molecular weight is 286 g/mol. The van der Waals surface area contributed by atoms with Crippen LogP contribution in [-0.2, 0) is 17.7 Å². The van der Waals surface area contributed by atoms with Gasteiger partial charge in [-0.3, -0.25) is 4.68 Å². The molecule has 1 aromatic heterocycles. The second kappa shape index (κ2) is 7.07. The van der Waals surface area contributed by atoms with Gasteiger partial charge in [-0.25, -0.2) is 4.79 Å². The lowest BCUT2D eigenvalue weighted by molar-refractivity contribution is 0.0525. The Balaban J connectivity index is 2.26. The smallest absolute Gasteiger partial charge is 0.341 e. The van der Waals surface area contributed by atoms with E-state index in [2.05, 4.69) is 43.2 Å². The minimum Gasteiger partial charge on any atom is -0.462 e. The van der Waals surface area contributed by atoms with E-state index >= 15 is 0 Å². The summed E-state index contributed by atoms with van der Waals surface area (Å²) in [7, 11) is 0. The van der Waals surface area contributed by atoms with E-state index in [1.54, 1.807) is 6.20 Å². The van der Waals surface area contributed by atoms with E-state index in [-0.39, 0.29) is 5.97 Å². The number of ether oxygens (including phenoxy) is 1. The molecule has 0 atom stereocenters. The molecule has 112 valence electrons. The highest BCUT2D eigenvalue weighted by Gasteiger charge is 2.17. The molecule has 0 aliphatic carbocycles. The SMILES string of the molecule is CCCc1c(C(=O)OCC)cnn1Cc1ccc(C)cc1. The maximum Gasteiger partial charge on any atom is 0.341 e. The zero-order chi connectivity index (χ0) is 15.2. The fraction of sp³-hybridized carbons (Fsp3) is 0.412. The van der Waals surface area contributed by atoms with Gasteiger partial charge in [0.1, 0.15) is 5.56 Å². The van der Waals surface area contributed by atoms with Crippen LogP contribution in [0.15, 0.2) is 30.5 Å². The van der Waals surface area contributed by atoms with Crippen LogP contribution < -0.4 is 0 Å².